The summed E-state index contributed by atoms with van der Waals surface area (Å²) in [6, 6.07) is 103. The summed E-state index contributed by atoms with van der Waals surface area (Å²) in [6.07, 6.45) is 12.4. The Kier molecular flexibility index (Phi) is 38.6. The third kappa shape index (κ3) is 18.7. The second kappa shape index (κ2) is 49.8. The van der Waals surface area contributed by atoms with Crippen LogP contribution in [0.15, 0.2) is 273 Å². The molecule has 135 heavy (non-hydrogen) atoms. The van der Waals surface area contributed by atoms with E-state index in [0.717, 1.165) is 77.0 Å². The largest absolute Gasteiger partial charge is 0.309 e. The molecule has 0 fully saturated rings. The normalized spacial score (nSPS) is 12.3. The first-order valence-electron chi connectivity index (χ1n) is 53.2. The Balaban J connectivity index is 0.000000184. The second-order valence-corrected chi connectivity index (χ2v) is 31.4. The topological polar surface area (TPSA) is 9.72 Å². The van der Waals surface area contributed by atoms with E-state index >= 15 is 0 Å². The van der Waals surface area contributed by atoms with Crippen molar-refractivity contribution in [3.8, 4) is 66.8 Å². The predicted molar refractivity (Wildman–Crippen MR) is 600 cm³/mol. The molecule has 0 saturated carbocycles. The van der Waals surface area contributed by atoms with Crippen molar-refractivity contribution < 1.29 is 0 Å². The van der Waals surface area contributed by atoms with E-state index in [9.17, 15) is 0 Å². The Bertz CT molecular complexity index is 6490. The summed E-state index contributed by atoms with van der Waals surface area (Å²) in [5, 5.41) is 0. The summed E-state index contributed by atoms with van der Waals surface area (Å²) >= 11 is 0. The molecule has 0 spiro atoms. The van der Waals surface area contributed by atoms with Crippen LogP contribution in [-0.2, 0) is 77.0 Å². The zero-order valence-corrected chi connectivity index (χ0v) is 88.3. The van der Waals surface area contributed by atoms with Crippen LogP contribution in [0, 0.1) is 0 Å². The quantitative estimate of drug-likeness (QED) is 0.150. The predicted octanol–water partition coefficient (Wildman–Crippen LogP) is 39.7. The van der Waals surface area contributed by atoms with Crippen molar-refractivity contribution in [3.63, 3.8) is 0 Å². The van der Waals surface area contributed by atoms with Crippen molar-refractivity contribution in [1.82, 2.24) is 0 Å². The lowest BCUT2D eigenvalue weighted by molar-refractivity contribution is 0.994. The number of hydrogen-bond donors (Lipinski definition) is 0. The minimum absolute atomic E-state index is 1.00. The third-order valence-corrected chi connectivity index (χ3v) is 26.2. The minimum atomic E-state index is 1.00. The summed E-state index contributed by atoms with van der Waals surface area (Å²) in [4.78, 5) is 7.81. The number of rotatable bonds is 0. The van der Waals surface area contributed by atoms with Gasteiger partial charge in [-0.1, -0.05) is 438 Å². The van der Waals surface area contributed by atoms with E-state index in [1.165, 1.54) is 240 Å². The molecule has 12 aliphatic rings. The molecular formula is C132H159N3. The van der Waals surface area contributed by atoms with Crippen LogP contribution in [-0.4, -0.2) is 0 Å². The molecule has 6 aliphatic carbocycles. The van der Waals surface area contributed by atoms with Gasteiger partial charge in [-0.05, 0) is 281 Å². The zero-order chi connectivity index (χ0) is 98.0. The molecule has 0 aromatic heterocycles. The van der Waals surface area contributed by atoms with Gasteiger partial charge in [0.1, 0.15) is 0 Å². The molecule has 27 rings (SSSR count). The van der Waals surface area contributed by atoms with Crippen molar-refractivity contribution in [3.05, 3.63) is 407 Å². The van der Waals surface area contributed by atoms with E-state index in [0.29, 0.717) is 0 Å². The fourth-order valence-corrected chi connectivity index (χ4v) is 22.0. The van der Waals surface area contributed by atoms with Crippen molar-refractivity contribution in [2.75, 3.05) is 14.7 Å². The summed E-state index contributed by atoms with van der Waals surface area (Å²) in [7, 11) is 0. The molecule has 0 amide bonds. The first-order valence-corrected chi connectivity index (χ1v) is 53.2. The number of hydrogen-bond acceptors (Lipinski definition) is 3. The Hall–Kier alpha value is -12.3. The SMILES string of the molecule is CC.CC.CC.CC.CC.CC.CC.CC.CC.CC.CC.CC.CC.CC.CC.c1ccc2c(c1)Cc1c-2cc2c3c1Cc1ccccc1N3c1ccc3c(c1C2)-c1ccccc1C3.c1ccc2c(c1)Cc1ccc3c(c1-2)Cc1c2c(cc4c1N3c1ccccc1C4)Cc1ccccc1-2.c1ccc2c(c1)Cc1ccc3c(c1-2)Cc1cc2c(c4c1N3c1ccccc1C4)-c1ccccc1C2. The molecule has 15 aromatic carbocycles. The molecule has 0 atom stereocenters. The van der Waals surface area contributed by atoms with Crippen LogP contribution in [0.1, 0.15) is 341 Å². The average Bonchev–Trinajstić information content (AvgIpc) is 1.64. The standard InChI is InChI=1S/3C34H23N.15C2H6/c1-4-10-25-21(8-1)16-28-27(25)18-24-19-30-32(14-13-23-15-20-7-2-5-11-26(20)33(23)30)35-31-12-6-3-9-22(31)17-29(28)34(24)35;1-4-10-26-20(7-1)15-23-13-14-31-28(32(23)26)19-25-17-24-16-21-8-2-5-11-27(21)33(24)29-18-22-9-3-6-12-30(22)35(31)34(25)29;1-4-10-26-20(7-1)15-23-13-14-31-28(32(23)26)19-29-33-24(16-21-8-2-5-11-27(21)33)18-25-17-22-9-3-6-12-30(22)35(31)34(25)29;15*1-2/h1-14,18H,15-17,19H2;1-14,17H,15-16,18-19H2;1-14,18H,15-17,19H2;15*1-2H3. The van der Waals surface area contributed by atoms with Crippen LogP contribution >= 0.6 is 0 Å². The highest BCUT2D eigenvalue weighted by Gasteiger charge is 2.43. The number of para-hydroxylation sites is 3. The number of fused-ring (bicyclic) bond motifs is 36. The molecule has 0 saturated heterocycles. The Morgan fingerprint density at radius 1 is 0.126 bits per heavy atom. The van der Waals surface area contributed by atoms with Gasteiger partial charge in [0.05, 0.1) is 34.1 Å². The van der Waals surface area contributed by atoms with E-state index < -0.39 is 0 Å². The Morgan fingerprint density at radius 2 is 0.333 bits per heavy atom. The maximum atomic E-state index is 2.60. The van der Waals surface area contributed by atoms with Gasteiger partial charge in [0.25, 0.3) is 0 Å². The van der Waals surface area contributed by atoms with E-state index in [1.807, 2.05) is 208 Å². The van der Waals surface area contributed by atoms with Crippen LogP contribution in [0.2, 0.25) is 0 Å². The molecular weight excluding hydrogens is 1630 g/mol. The summed E-state index contributed by atoms with van der Waals surface area (Å²) < 4.78 is 0. The van der Waals surface area contributed by atoms with Crippen molar-refractivity contribution in [2.45, 2.75) is 285 Å². The highest BCUT2D eigenvalue weighted by molar-refractivity contribution is 6.03. The lowest BCUT2D eigenvalue weighted by atomic mass is 9.80. The van der Waals surface area contributed by atoms with Gasteiger partial charge >= 0.3 is 0 Å². The molecule has 3 nitrogen and oxygen atoms in total. The molecule has 702 valence electrons. The maximum absolute atomic E-state index is 2.60. The van der Waals surface area contributed by atoms with Gasteiger partial charge in [0.15, 0.2) is 0 Å². The maximum Gasteiger partial charge on any atom is 0.0539 e. The van der Waals surface area contributed by atoms with Crippen molar-refractivity contribution >= 4 is 51.2 Å². The van der Waals surface area contributed by atoms with E-state index in [1.54, 1.807) is 11.1 Å². The molecule has 3 heteroatoms. The molecule has 0 bridgehead atoms. The molecule has 6 aliphatic heterocycles. The number of nitrogens with zero attached hydrogens (tertiary/aromatic N) is 3. The Labute approximate surface area is 818 Å². The number of anilines is 9. The van der Waals surface area contributed by atoms with Gasteiger partial charge in [-0.3, -0.25) is 0 Å². The molecule has 0 N–H and O–H groups in total. The van der Waals surface area contributed by atoms with Crippen LogP contribution in [0.5, 0.6) is 0 Å². The average molecular weight is 1790 g/mol. The minimum Gasteiger partial charge on any atom is -0.309 e. The summed E-state index contributed by atoms with van der Waals surface area (Å²) in [5.74, 6) is 0. The van der Waals surface area contributed by atoms with E-state index in [2.05, 4.69) is 288 Å². The van der Waals surface area contributed by atoms with Gasteiger partial charge in [-0.15, -0.1) is 0 Å². The Morgan fingerprint density at radius 3 is 0.667 bits per heavy atom. The van der Waals surface area contributed by atoms with Gasteiger partial charge in [0.2, 0.25) is 0 Å². The van der Waals surface area contributed by atoms with E-state index in [-0.39, 0.29) is 0 Å². The highest BCUT2D eigenvalue weighted by atomic mass is 15.2. The molecule has 15 aromatic rings. The van der Waals surface area contributed by atoms with Gasteiger partial charge in [-0.2, -0.15) is 0 Å². The van der Waals surface area contributed by atoms with Crippen LogP contribution < -0.4 is 14.7 Å². The van der Waals surface area contributed by atoms with Crippen LogP contribution in [0.3, 0.4) is 0 Å². The zero-order valence-electron chi connectivity index (χ0n) is 88.3. The first kappa shape index (κ1) is 105. The van der Waals surface area contributed by atoms with Crippen molar-refractivity contribution in [2.24, 2.45) is 0 Å². The van der Waals surface area contributed by atoms with Crippen molar-refractivity contribution in [1.29, 1.82) is 0 Å². The smallest absolute Gasteiger partial charge is 0.0539 e. The third-order valence-electron chi connectivity index (χ3n) is 26.2. The highest BCUT2D eigenvalue weighted by Crippen LogP contribution is 2.62. The first-order chi connectivity index (χ1) is 67.0. The van der Waals surface area contributed by atoms with E-state index in [4.69, 9.17) is 0 Å². The molecule has 0 radical (unpaired) electrons. The lowest BCUT2D eigenvalue weighted by Crippen LogP contribution is -2.26. The van der Waals surface area contributed by atoms with Gasteiger partial charge in [-0.25, -0.2) is 0 Å². The monoisotopic (exact) mass is 1790 g/mol. The summed E-state index contributed by atoms with van der Waals surface area (Å²) in [6.45, 7) is 60.0. The molecule has 6 heterocycles. The van der Waals surface area contributed by atoms with Crippen LogP contribution in [0.25, 0.3) is 66.8 Å². The lowest BCUT2D eigenvalue weighted by Gasteiger charge is -2.41. The van der Waals surface area contributed by atoms with Gasteiger partial charge in [0, 0.05) is 55.6 Å². The molecule has 0 unspecified atom stereocenters. The fraction of sp³-hybridized carbons (Fsp3) is 0.318. The van der Waals surface area contributed by atoms with Gasteiger partial charge < -0.3 is 14.7 Å². The fourth-order valence-electron chi connectivity index (χ4n) is 22.0. The number of benzene rings is 15. The van der Waals surface area contributed by atoms with Crippen LogP contribution in [0.4, 0.5) is 51.2 Å². The summed E-state index contributed by atoms with van der Waals surface area (Å²) in [5.41, 5.74) is 65.6. The second-order valence-electron chi connectivity index (χ2n) is 31.4.